The number of aromatic nitrogens is 3. The number of hydrogen-bond acceptors (Lipinski definition) is 5. The van der Waals surface area contributed by atoms with Gasteiger partial charge in [0.25, 0.3) is 0 Å². The van der Waals surface area contributed by atoms with Gasteiger partial charge >= 0.3 is 12.0 Å². The van der Waals surface area contributed by atoms with Crippen molar-refractivity contribution < 1.29 is 14.7 Å². The summed E-state index contributed by atoms with van der Waals surface area (Å²) in [5, 5.41) is 23.6. The lowest BCUT2D eigenvalue weighted by molar-refractivity contribution is 0.0698. The molecule has 2 amide bonds. The minimum atomic E-state index is -1.08. The average Bonchev–Trinajstić information content (AvgIpc) is 2.97. The molecule has 0 aliphatic carbocycles. The number of rotatable bonds is 4. The molecule has 0 saturated carbocycles. The van der Waals surface area contributed by atoms with E-state index in [0.717, 1.165) is 11.3 Å². The predicted octanol–water partition coefficient (Wildman–Crippen LogP) is 1.46. The van der Waals surface area contributed by atoms with Gasteiger partial charge in [0.15, 0.2) is 5.82 Å². The molecule has 8 nitrogen and oxygen atoms in total. The molecular weight excluding hydrogens is 282 g/mol. The van der Waals surface area contributed by atoms with E-state index in [1.165, 1.54) is 12.4 Å². The van der Waals surface area contributed by atoms with Crippen molar-refractivity contribution in [3.05, 3.63) is 29.2 Å². The summed E-state index contributed by atoms with van der Waals surface area (Å²) in [5.74, 6) is -0.479. The number of urea groups is 1. The standard InChI is InChI=1S/C11H13N5O3S/c1-6(8-15-12-5-16(8)2)13-11(19)14-9-7(10(17)18)3-4-20-9/h3-6H,1-2H3,(H,17,18)(H2,13,14,19). The van der Waals surface area contributed by atoms with E-state index in [1.54, 1.807) is 23.9 Å². The summed E-state index contributed by atoms with van der Waals surface area (Å²) in [6, 6.07) is 0.593. The number of nitrogens with one attached hydrogen (secondary N) is 2. The van der Waals surface area contributed by atoms with E-state index in [2.05, 4.69) is 20.8 Å². The van der Waals surface area contributed by atoms with E-state index >= 15 is 0 Å². The molecule has 0 bridgehead atoms. The van der Waals surface area contributed by atoms with Crippen LogP contribution in [-0.2, 0) is 7.05 Å². The number of aromatic carboxylic acids is 1. The van der Waals surface area contributed by atoms with Crippen molar-refractivity contribution in [2.24, 2.45) is 7.05 Å². The van der Waals surface area contributed by atoms with Crippen molar-refractivity contribution in [2.45, 2.75) is 13.0 Å². The van der Waals surface area contributed by atoms with Crippen LogP contribution in [0.1, 0.15) is 29.1 Å². The van der Waals surface area contributed by atoms with Crippen LogP contribution < -0.4 is 10.6 Å². The van der Waals surface area contributed by atoms with Gasteiger partial charge in [-0.1, -0.05) is 0 Å². The van der Waals surface area contributed by atoms with Crippen LogP contribution in [0.5, 0.6) is 0 Å². The van der Waals surface area contributed by atoms with Crippen LogP contribution in [0.3, 0.4) is 0 Å². The summed E-state index contributed by atoms with van der Waals surface area (Å²) < 4.78 is 1.69. The van der Waals surface area contributed by atoms with E-state index < -0.39 is 12.0 Å². The monoisotopic (exact) mass is 295 g/mol. The topological polar surface area (TPSA) is 109 Å². The lowest BCUT2D eigenvalue weighted by Gasteiger charge is -2.13. The van der Waals surface area contributed by atoms with Crippen molar-refractivity contribution in [3.8, 4) is 0 Å². The number of carbonyl (C=O) groups excluding carboxylic acids is 1. The van der Waals surface area contributed by atoms with Crippen molar-refractivity contribution in [1.29, 1.82) is 0 Å². The zero-order chi connectivity index (χ0) is 14.7. The summed E-state index contributed by atoms with van der Waals surface area (Å²) in [7, 11) is 1.77. The Morgan fingerprint density at radius 3 is 2.85 bits per heavy atom. The summed E-state index contributed by atoms with van der Waals surface area (Å²) in [6.45, 7) is 1.76. The highest BCUT2D eigenvalue weighted by molar-refractivity contribution is 7.14. The molecule has 2 aromatic rings. The minimum Gasteiger partial charge on any atom is -0.478 e. The largest absolute Gasteiger partial charge is 0.478 e. The highest BCUT2D eigenvalue weighted by atomic mass is 32.1. The molecule has 1 atom stereocenters. The zero-order valence-corrected chi connectivity index (χ0v) is 11.6. The van der Waals surface area contributed by atoms with Gasteiger partial charge in [0.1, 0.15) is 11.3 Å². The van der Waals surface area contributed by atoms with Crippen LogP contribution in [0, 0.1) is 0 Å². The maximum atomic E-state index is 11.8. The first-order valence-electron chi connectivity index (χ1n) is 5.71. The highest BCUT2D eigenvalue weighted by Gasteiger charge is 2.17. The van der Waals surface area contributed by atoms with Gasteiger partial charge in [-0.2, -0.15) is 0 Å². The smallest absolute Gasteiger partial charge is 0.338 e. The maximum Gasteiger partial charge on any atom is 0.338 e. The molecule has 0 saturated heterocycles. The molecule has 0 aliphatic rings. The average molecular weight is 295 g/mol. The maximum absolute atomic E-state index is 11.8. The van der Waals surface area contributed by atoms with Crippen LogP contribution in [-0.4, -0.2) is 31.9 Å². The Bertz CT molecular complexity index is 636. The van der Waals surface area contributed by atoms with Crippen molar-refractivity contribution in [1.82, 2.24) is 20.1 Å². The lowest BCUT2D eigenvalue weighted by atomic mass is 10.3. The molecular formula is C11H13N5O3S. The van der Waals surface area contributed by atoms with Crippen molar-refractivity contribution >= 4 is 28.3 Å². The molecule has 9 heteroatoms. The fourth-order valence-electron chi connectivity index (χ4n) is 1.66. The number of hydrogen-bond donors (Lipinski definition) is 3. The van der Waals surface area contributed by atoms with Crippen molar-refractivity contribution in [2.75, 3.05) is 5.32 Å². The SMILES string of the molecule is CC(NC(=O)Nc1sccc1C(=O)O)c1nncn1C. The first-order chi connectivity index (χ1) is 9.49. The van der Waals surface area contributed by atoms with E-state index in [1.807, 2.05) is 0 Å². The third-order valence-corrected chi connectivity index (χ3v) is 3.43. The third kappa shape index (κ3) is 2.94. The van der Waals surface area contributed by atoms with Gasteiger partial charge in [0, 0.05) is 7.05 Å². The molecule has 1 unspecified atom stereocenters. The molecule has 0 radical (unpaired) electrons. The fraction of sp³-hybridized carbons (Fsp3) is 0.273. The number of amides is 2. The quantitative estimate of drug-likeness (QED) is 0.791. The van der Waals surface area contributed by atoms with Crippen LogP contribution in [0.2, 0.25) is 0 Å². The molecule has 2 rings (SSSR count). The minimum absolute atomic E-state index is 0.0662. The second kappa shape index (κ2) is 5.70. The van der Waals surface area contributed by atoms with Crippen LogP contribution in [0.25, 0.3) is 0 Å². The predicted molar refractivity (Wildman–Crippen MR) is 72.9 cm³/mol. The Kier molecular flexibility index (Phi) is 3.99. The normalized spacial score (nSPS) is 11.9. The molecule has 106 valence electrons. The summed E-state index contributed by atoms with van der Waals surface area (Å²) in [6.07, 6.45) is 1.53. The Labute approximate surface area is 118 Å². The fourth-order valence-corrected chi connectivity index (χ4v) is 2.43. The molecule has 0 spiro atoms. The Morgan fingerprint density at radius 1 is 1.50 bits per heavy atom. The van der Waals surface area contributed by atoms with Gasteiger partial charge in [-0.25, -0.2) is 9.59 Å². The number of carbonyl (C=O) groups is 2. The zero-order valence-electron chi connectivity index (χ0n) is 10.8. The van der Waals surface area contributed by atoms with Gasteiger partial charge in [-0.05, 0) is 18.4 Å². The van der Waals surface area contributed by atoms with E-state index in [4.69, 9.17) is 5.11 Å². The molecule has 2 aromatic heterocycles. The Balaban J connectivity index is 2.01. The van der Waals surface area contributed by atoms with Gasteiger partial charge in [0.05, 0.1) is 11.6 Å². The van der Waals surface area contributed by atoms with Crippen LogP contribution in [0.15, 0.2) is 17.8 Å². The molecule has 2 heterocycles. The summed E-state index contributed by atoms with van der Waals surface area (Å²) in [5.41, 5.74) is 0.0662. The molecule has 0 aromatic carbocycles. The summed E-state index contributed by atoms with van der Waals surface area (Å²) >= 11 is 1.15. The van der Waals surface area contributed by atoms with E-state index in [-0.39, 0.29) is 11.6 Å². The number of anilines is 1. The van der Waals surface area contributed by atoms with E-state index in [9.17, 15) is 9.59 Å². The number of carboxylic acid groups (broad SMARTS) is 1. The van der Waals surface area contributed by atoms with Crippen LogP contribution in [0.4, 0.5) is 9.80 Å². The summed E-state index contributed by atoms with van der Waals surface area (Å²) in [4.78, 5) is 22.8. The molecule has 0 fully saturated rings. The third-order valence-electron chi connectivity index (χ3n) is 2.60. The Morgan fingerprint density at radius 2 is 2.25 bits per heavy atom. The van der Waals surface area contributed by atoms with Gasteiger partial charge < -0.3 is 15.0 Å². The first kappa shape index (κ1) is 14.0. The molecule has 20 heavy (non-hydrogen) atoms. The van der Waals surface area contributed by atoms with Gasteiger partial charge in [0.2, 0.25) is 0 Å². The number of aryl methyl sites for hydroxylation is 1. The van der Waals surface area contributed by atoms with Gasteiger partial charge in [-0.15, -0.1) is 21.5 Å². The number of nitrogens with zero attached hydrogens (tertiary/aromatic N) is 3. The highest BCUT2D eigenvalue weighted by Crippen LogP contribution is 2.23. The second-order valence-corrected chi connectivity index (χ2v) is 5.00. The number of carboxylic acids is 1. The molecule has 3 N–H and O–H groups in total. The van der Waals surface area contributed by atoms with Gasteiger partial charge in [-0.3, -0.25) is 5.32 Å². The first-order valence-corrected chi connectivity index (χ1v) is 6.59. The van der Waals surface area contributed by atoms with Crippen molar-refractivity contribution in [3.63, 3.8) is 0 Å². The van der Waals surface area contributed by atoms with Crippen LogP contribution >= 0.6 is 11.3 Å². The Hall–Kier alpha value is -2.42. The second-order valence-electron chi connectivity index (χ2n) is 4.09. The molecule has 0 aliphatic heterocycles. The number of thiophene rings is 1. The lowest BCUT2D eigenvalue weighted by Crippen LogP contribution is -2.32. The van der Waals surface area contributed by atoms with E-state index in [0.29, 0.717) is 10.8 Å².